The number of fused-ring (bicyclic) bond motifs is 1. The fourth-order valence-electron chi connectivity index (χ4n) is 2.24. The number of benzene rings is 1. The largest absolute Gasteiger partial charge is 0.416 e. The van der Waals surface area contributed by atoms with E-state index in [0.717, 1.165) is 12.1 Å². The molecule has 3 rings (SSSR count). The number of urea groups is 1. The van der Waals surface area contributed by atoms with Gasteiger partial charge in [0.2, 0.25) is 0 Å². The zero-order valence-electron chi connectivity index (χ0n) is 10.6. The molecule has 2 N–H and O–H groups in total. The Kier molecular flexibility index (Phi) is 3.04. The van der Waals surface area contributed by atoms with E-state index in [-0.39, 0.29) is 5.69 Å². The zero-order chi connectivity index (χ0) is 15.0. The van der Waals surface area contributed by atoms with Gasteiger partial charge in [0.15, 0.2) is 0 Å². The lowest BCUT2D eigenvalue weighted by atomic mass is 9.97. The molecular formula is C14H10F3N3O. The van der Waals surface area contributed by atoms with E-state index in [4.69, 9.17) is 0 Å². The molecule has 21 heavy (non-hydrogen) atoms. The molecule has 1 aromatic carbocycles. The number of carbonyl (C=O) groups excluding carboxylic acids is 1. The van der Waals surface area contributed by atoms with Gasteiger partial charge < -0.3 is 10.6 Å². The van der Waals surface area contributed by atoms with E-state index in [1.807, 2.05) is 0 Å². The summed E-state index contributed by atoms with van der Waals surface area (Å²) in [5.41, 5.74) is 0.446. The Morgan fingerprint density at radius 2 is 1.95 bits per heavy atom. The molecule has 1 atom stereocenters. The molecule has 2 aromatic rings. The minimum Gasteiger partial charge on any atom is -0.325 e. The number of halogens is 3. The van der Waals surface area contributed by atoms with Crippen LogP contribution in [0.1, 0.15) is 22.9 Å². The van der Waals surface area contributed by atoms with Crippen molar-refractivity contribution in [2.45, 2.75) is 12.2 Å². The summed E-state index contributed by atoms with van der Waals surface area (Å²) in [6.45, 7) is 0. The Balaban J connectivity index is 2.08. The Bertz CT molecular complexity index is 686. The van der Waals surface area contributed by atoms with Crippen LogP contribution in [0.15, 0.2) is 42.6 Å². The molecule has 1 aromatic heterocycles. The van der Waals surface area contributed by atoms with Gasteiger partial charge in [-0.3, -0.25) is 4.98 Å². The lowest BCUT2D eigenvalue weighted by Crippen LogP contribution is -2.38. The van der Waals surface area contributed by atoms with Crippen molar-refractivity contribution < 1.29 is 18.0 Å². The molecule has 0 fully saturated rings. The molecule has 2 heterocycles. The van der Waals surface area contributed by atoms with Crippen LogP contribution in [0.4, 0.5) is 23.7 Å². The minimum absolute atomic E-state index is 0.143. The van der Waals surface area contributed by atoms with E-state index in [2.05, 4.69) is 15.6 Å². The first-order chi connectivity index (χ1) is 9.95. The van der Waals surface area contributed by atoms with E-state index in [0.29, 0.717) is 11.3 Å². The van der Waals surface area contributed by atoms with Crippen molar-refractivity contribution in [3.63, 3.8) is 0 Å². The van der Waals surface area contributed by atoms with Gasteiger partial charge in [-0.2, -0.15) is 13.2 Å². The molecule has 0 saturated carbocycles. The predicted octanol–water partition coefficient (Wildman–Crippen LogP) is 3.32. The molecule has 0 bridgehead atoms. The fourth-order valence-corrected chi connectivity index (χ4v) is 2.24. The lowest BCUT2D eigenvalue weighted by molar-refractivity contribution is -0.137. The maximum Gasteiger partial charge on any atom is 0.416 e. The Morgan fingerprint density at radius 1 is 1.14 bits per heavy atom. The first-order valence-corrected chi connectivity index (χ1v) is 6.15. The highest BCUT2D eigenvalue weighted by Gasteiger charge is 2.33. The minimum atomic E-state index is -4.45. The summed E-state index contributed by atoms with van der Waals surface area (Å²) in [6.07, 6.45) is -2.89. The summed E-state index contributed by atoms with van der Waals surface area (Å²) in [4.78, 5) is 15.8. The number of carbonyl (C=O) groups is 1. The van der Waals surface area contributed by atoms with Crippen molar-refractivity contribution in [3.8, 4) is 0 Å². The average molecular weight is 293 g/mol. The number of anilines is 1. The van der Waals surface area contributed by atoms with Gasteiger partial charge in [0.05, 0.1) is 11.3 Å². The lowest BCUT2D eigenvalue weighted by Gasteiger charge is -2.27. The number of amides is 2. The SMILES string of the molecule is O=C1Nc2cc(C(F)(F)F)ccc2C(c2ccccn2)N1. The van der Waals surface area contributed by atoms with Gasteiger partial charge in [0.1, 0.15) is 6.04 Å². The number of pyridine rings is 1. The number of nitrogens with one attached hydrogen (secondary N) is 2. The standard InChI is InChI=1S/C14H10F3N3O/c15-14(16,17)8-4-5-9-11(7-8)19-13(21)20-12(9)10-3-1-2-6-18-10/h1-7,12H,(H2,19,20,21). The molecule has 0 radical (unpaired) electrons. The van der Waals surface area contributed by atoms with Crippen LogP contribution in [0.25, 0.3) is 0 Å². The highest BCUT2D eigenvalue weighted by molar-refractivity contribution is 5.93. The smallest absolute Gasteiger partial charge is 0.325 e. The van der Waals surface area contributed by atoms with Crippen LogP contribution in [0.3, 0.4) is 0 Å². The monoisotopic (exact) mass is 293 g/mol. The van der Waals surface area contributed by atoms with Gasteiger partial charge in [-0.1, -0.05) is 12.1 Å². The van der Waals surface area contributed by atoms with Crippen molar-refractivity contribution >= 4 is 11.7 Å². The van der Waals surface area contributed by atoms with Gasteiger partial charge in [0.25, 0.3) is 0 Å². The normalized spacial score (nSPS) is 17.7. The van der Waals surface area contributed by atoms with E-state index < -0.39 is 23.8 Å². The summed E-state index contributed by atoms with van der Waals surface area (Å²) >= 11 is 0. The number of alkyl halides is 3. The molecule has 0 saturated heterocycles. The van der Waals surface area contributed by atoms with Crippen LogP contribution >= 0.6 is 0 Å². The van der Waals surface area contributed by atoms with Crippen LogP contribution in [0.5, 0.6) is 0 Å². The highest BCUT2D eigenvalue weighted by atomic mass is 19.4. The molecular weight excluding hydrogens is 283 g/mol. The molecule has 1 unspecified atom stereocenters. The summed E-state index contributed by atoms with van der Waals surface area (Å²) in [6, 6.07) is 7.33. The first-order valence-electron chi connectivity index (χ1n) is 6.15. The van der Waals surface area contributed by atoms with Gasteiger partial charge >= 0.3 is 12.2 Å². The summed E-state index contributed by atoms with van der Waals surface area (Å²) in [5.74, 6) is 0. The maximum atomic E-state index is 12.7. The van der Waals surface area contributed by atoms with Crippen molar-refractivity contribution in [2.75, 3.05) is 5.32 Å². The second-order valence-corrected chi connectivity index (χ2v) is 4.59. The number of hydrogen-bond acceptors (Lipinski definition) is 2. The molecule has 0 aliphatic carbocycles. The number of rotatable bonds is 1. The Hall–Kier alpha value is -2.57. The van der Waals surface area contributed by atoms with E-state index >= 15 is 0 Å². The van der Waals surface area contributed by atoms with Crippen molar-refractivity contribution in [2.24, 2.45) is 0 Å². The third-order valence-corrected chi connectivity index (χ3v) is 3.20. The third kappa shape index (κ3) is 2.54. The van der Waals surface area contributed by atoms with Crippen LogP contribution in [-0.4, -0.2) is 11.0 Å². The molecule has 108 valence electrons. The number of hydrogen-bond donors (Lipinski definition) is 2. The zero-order valence-corrected chi connectivity index (χ0v) is 10.6. The van der Waals surface area contributed by atoms with Crippen molar-refractivity contribution in [3.05, 3.63) is 59.4 Å². The fraction of sp³-hybridized carbons (Fsp3) is 0.143. The van der Waals surface area contributed by atoms with Crippen LogP contribution < -0.4 is 10.6 Å². The Labute approximate surface area is 118 Å². The van der Waals surface area contributed by atoms with Crippen LogP contribution in [0, 0.1) is 0 Å². The van der Waals surface area contributed by atoms with Crippen molar-refractivity contribution in [1.29, 1.82) is 0 Å². The molecule has 7 heteroatoms. The Morgan fingerprint density at radius 3 is 2.62 bits per heavy atom. The van der Waals surface area contributed by atoms with Crippen molar-refractivity contribution in [1.82, 2.24) is 10.3 Å². The number of nitrogens with zero attached hydrogens (tertiary/aromatic N) is 1. The van der Waals surface area contributed by atoms with Gasteiger partial charge in [-0.05, 0) is 24.3 Å². The summed E-state index contributed by atoms with van der Waals surface area (Å²) in [7, 11) is 0. The first kappa shape index (κ1) is 13.4. The molecule has 1 aliphatic rings. The number of aromatic nitrogens is 1. The second kappa shape index (κ2) is 4.76. The molecule has 2 amide bonds. The van der Waals surface area contributed by atoms with Gasteiger partial charge in [-0.25, -0.2) is 4.79 Å². The molecule has 4 nitrogen and oxygen atoms in total. The maximum absolute atomic E-state index is 12.7. The summed E-state index contributed by atoms with van der Waals surface area (Å²) < 4.78 is 38.2. The van der Waals surface area contributed by atoms with Crippen LogP contribution in [-0.2, 0) is 6.18 Å². The van der Waals surface area contributed by atoms with Crippen LogP contribution in [0.2, 0.25) is 0 Å². The topological polar surface area (TPSA) is 54.0 Å². The van der Waals surface area contributed by atoms with E-state index in [9.17, 15) is 18.0 Å². The average Bonchev–Trinajstić information content (AvgIpc) is 2.45. The van der Waals surface area contributed by atoms with E-state index in [1.165, 1.54) is 6.07 Å². The van der Waals surface area contributed by atoms with E-state index in [1.54, 1.807) is 24.4 Å². The third-order valence-electron chi connectivity index (χ3n) is 3.20. The predicted molar refractivity (Wildman–Crippen MR) is 69.7 cm³/mol. The highest BCUT2D eigenvalue weighted by Crippen LogP contribution is 2.36. The van der Waals surface area contributed by atoms with Gasteiger partial charge in [0, 0.05) is 17.4 Å². The van der Waals surface area contributed by atoms with Gasteiger partial charge in [-0.15, -0.1) is 0 Å². The summed E-state index contributed by atoms with van der Waals surface area (Å²) in [5, 5.41) is 5.05. The quantitative estimate of drug-likeness (QED) is 0.847. The molecule has 0 spiro atoms. The molecule has 1 aliphatic heterocycles. The second-order valence-electron chi connectivity index (χ2n) is 4.59.